The van der Waals surface area contributed by atoms with Gasteiger partial charge in [0.25, 0.3) is 0 Å². The predicted octanol–water partition coefficient (Wildman–Crippen LogP) is 2.64. The van der Waals surface area contributed by atoms with Crippen molar-refractivity contribution in [2.24, 2.45) is 0 Å². The van der Waals surface area contributed by atoms with Crippen LogP contribution >= 0.6 is 0 Å². The average Bonchev–Trinajstić information content (AvgIpc) is 3.21. The molecule has 0 aromatic heterocycles. The van der Waals surface area contributed by atoms with Gasteiger partial charge in [-0.3, -0.25) is 10.2 Å². The first-order chi connectivity index (χ1) is 9.73. The van der Waals surface area contributed by atoms with E-state index in [9.17, 15) is 5.26 Å². The van der Waals surface area contributed by atoms with E-state index in [0.717, 1.165) is 18.7 Å². The second kappa shape index (κ2) is 5.55. The van der Waals surface area contributed by atoms with E-state index in [1.807, 2.05) is 18.2 Å². The van der Waals surface area contributed by atoms with Gasteiger partial charge in [-0.2, -0.15) is 5.26 Å². The van der Waals surface area contributed by atoms with Crippen LogP contribution in [-0.4, -0.2) is 30.1 Å². The maximum Gasteiger partial charge on any atom is 0.145 e. The van der Waals surface area contributed by atoms with Crippen LogP contribution in [0.15, 0.2) is 30.3 Å². The summed E-state index contributed by atoms with van der Waals surface area (Å²) < 4.78 is 0. The molecule has 1 saturated heterocycles. The fourth-order valence-corrected chi connectivity index (χ4v) is 3.18. The molecule has 106 valence electrons. The predicted molar refractivity (Wildman–Crippen MR) is 80.2 cm³/mol. The molecule has 1 saturated carbocycles. The third-order valence-electron chi connectivity index (χ3n) is 4.62. The molecule has 20 heavy (non-hydrogen) atoms. The fraction of sp³-hybridized carbons (Fsp3) is 0.588. The lowest BCUT2D eigenvalue weighted by Crippen LogP contribution is -2.51. The summed E-state index contributed by atoms with van der Waals surface area (Å²) in [6.07, 6.45) is 4.90. The van der Waals surface area contributed by atoms with Gasteiger partial charge in [0.15, 0.2) is 0 Å². The second-order valence-corrected chi connectivity index (χ2v) is 6.26. The summed E-state index contributed by atoms with van der Waals surface area (Å²) in [6, 6.07) is 14.0. The number of nitriles is 1. The van der Waals surface area contributed by atoms with Crippen molar-refractivity contribution in [3.63, 3.8) is 0 Å². The van der Waals surface area contributed by atoms with Gasteiger partial charge in [-0.05, 0) is 44.7 Å². The van der Waals surface area contributed by atoms with Crippen molar-refractivity contribution in [3.8, 4) is 6.07 Å². The quantitative estimate of drug-likeness (QED) is 0.893. The number of hydrogen-bond donors (Lipinski definition) is 1. The second-order valence-electron chi connectivity index (χ2n) is 6.26. The number of hydrogen-bond acceptors (Lipinski definition) is 3. The van der Waals surface area contributed by atoms with Crippen LogP contribution in [-0.2, 0) is 5.54 Å². The van der Waals surface area contributed by atoms with Gasteiger partial charge in [0, 0.05) is 18.6 Å². The molecule has 1 aliphatic heterocycles. The lowest BCUT2D eigenvalue weighted by atomic mass is 9.90. The van der Waals surface area contributed by atoms with Crippen molar-refractivity contribution in [2.75, 3.05) is 13.1 Å². The van der Waals surface area contributed by atoms with E-state index >= 15 is 0 Å². The van der Waals surface area contributed by atoms with Gasteiger partial charge in [-0.25, -0.2) is 0 Å². The summed E-state index contributed by atoms with van der Waals surface area (Å²) in [5.74, 6) is 0. The van der Waals surface area contributed by atoms with Crippen molar-refractivity contribution < 1.29 is 0 Å². The fourth-order valence-electron chi connectivity index (χ4n) is 3.18. The topological polar surface area (TPSA) is 39.1 Å². The van der Waals surface area contributed by atoms with E-state index < -0.39 is 5.54 Å². The zero-order valence-corrected chi connectivity index (χ0v) is 12.2. The first-order valence-electron chi connectivity index (χ1n) is 7.72. The molecule has 3 rings (SSSR count). The Kier molecular flexibility index (Phi) is 3.78. The number of rotatable bonds is 5. The molecule has 2 atom stereocenters. The standard InChI is InChI=1S/C17H23N3/c1-14-6-5-11-20(14)13-17(12-18,19-16-9-10-16)15-7-3-2-4-8-15/h2-4,7-8,14,16,19H,5-6,9-11,13H2,1H3. The number of nitrogens with zero attached hydrogens (tertiary/aromatic N) is 2. The van der Waals surface area contributed by atoms with E-state index in [1.54, 1.807) is 0 Å². The number of nitrogens with one attached hydrogen (secondary N) is 1. The van der Waals surface area contributed by atoms with Gasteiger partial charge < -0.3 is 0 Å². The molecule has 1 heterocycles. The Balaban J connectivity index is 1.87. The summed E-state index contributed by atoms with van der Waals surface area (Å²) in [5, 5.41) is 13.5. The van der Waals surface area contributed by atoms with E-state index in [-0.39, 0.29) is 0 Å². The van der Waals surface area contributed by atoms with Crippen molar-refractivity contribution in [1.82, 2.24) is 10.2 Å². The zero-order chi connectivity index (χ0) is 14.0. The van der Waals surface area contributed by atoms with Crippen LogP contribution in [0.5, 0.6) is 0 Å². The Morgan fingerprint density at radius 3 is 2.60 bits per heavy atom. The SMILES string of the molecule is CC1CCCN1CC(C#N)(NC1CC1)c1ccccc1. The van der Waals surface area contributed by atoms with E-state index in [4.69, 9.17) is 0 Å². The molecule has 1 aromatic carbocycles. The van der Waals surface area contributed by atoms with Crippen LogP contribution < -0.4 is 5.32 Å². The van der Waals surface area contributed by atoms with Gasteiger partial charge in [-0.1, -0.05) is 30.3 Å². The molecule has 0 bridgehead atoms. The smallest absolute Gasteiger partial charge is 0.145 e. The van der Waals surface area contributed by atoms with E-state index in [2.05, 4.69) is 35.3 Å². The molecule has 3 heteroatoms. The number of likely N-dealkylation sites (tertiary alicyclic amines) is 1. The summed E-state index contributed by atoms with van der Waals surface area (Å²) in [4.78, 5) is 2.46. The molecule has 2 fully saturated rings. The Morgan fingerprint density at radius 2 is 2.05 bits per heavy atom. The summed E-state index contributed by atoms with van der Waals surface area (Å²) in [5.41, 5.74) is 0.551. The molecular weight excluding hydrogens is 246 g/mol. The zero-order valence-electron chi connectivity index (χ0n) is 12.2. The van der Waals surface area contributed by atoms with Gasteiger partial charge in [-0.15, -0.1) is 0 Å². The molecular formula is C17H23N3. The normalized spacial score (nSPS) is 26.1. The Bertz CT molecular complexity index is 489. The van der Waals surface area contributed by atoms with Gasteiger partial charge in [0.1, 0.15) is 5.54 Å². The Morgan fingerprint density at radius 1 is 1.30 bits per heavy atom. The van der Waals surface area contributed by atoms with Gasteiger partial charge in [0.2, 0.25) is 0 Å². The molecule has 2 unspecified atom stereocenters. The first-order valence-corrected chi connectivity index (χ1v) is 7.72. The molecule has 2 aliphatic rings. The van der Waals surface area contributed by atoms with Crippen LogP contribution in [0.3, 0.4) is 0 Å². The van der Waals surface area contributed by atoms with Crippen LogP contribution in [0.4, 0.5) is 0 Å². The van der Waals surface area contributed by atoms with Crippen molar-refractivity contribution >= 4 is 0 Å². The highest BCUT2D eigenvalue weighted by Gasteiger charge is 2.40. The minimum Gasteiger partial charge on any atom is -0.297 e. The lowest BCUT2D eigenvalue weighted by molar-refractivity contribution is 0.204. The number of benzene rings is 1. The molecule has 1 aromatic rings. The molecule has 3 nitrogen and oxygen atoms in total. The highest BCUT2D eigenvalue weighted by atomic mass is 15.2. The van der Waals surface area contributed by atoms with Gasteiger partial charge >= 0.3 is 0 Å². The Hall–Kier alpha value is -1.37. The first kappa shape index (κ1) is 13.6. The monoisotopic (exact) mass is 269 g/mol. The van der Waals surface area contributed by atoms with Crippen LogP contribution in [0.25, 0.3) is 0 Å². The molecule has 1 N–H and O–H groups in total. The van der Waals surface area contributed by atoms with Crippen LogP contribution in [0.2, 0.25) is 0 Å². The van der Waals surface area contributed by atoms with Crippen LogP contribution in [0.1, 0.15) is 38.2 Å². The summed E-state index contributed by atoms with van der Waals surface area (Å²) >= 11 is 0. The average molecular weight is 269 g/mol. The maximum absolute atomic E-state index is 9.91. The van der Waals surface area contributed by atoms with E-state index in [1.165, 1.54) is 25.7 Å². The van der Waals surface area contributed by atoms with Gasteiger partial charge in [0.05, 0.1) is 6.07 Å². The van der Waals surface area contributed by atoms with Crippen LogP contribution in [0, 0.1) is 11.3 Å². The minimum absolute atomic E-state index is 0.521. The molecule has 0 spiro atoms. The molecule has 0 amide bonds. The third-order valence-corrected chi connectivity index (χ3v) is 4.62. The van der Waals surface area contributed by atoms with Crippen molar-refractivity contribution in [2.45, 2.75) is 50.2 Å². The summed E-state index contributed by atoms with van der Waals surface area (Å²) in [7, 11) is 0. The minimum atomic E-state index is -0.555. The summed E-state index contributed by atoms with van der Waals surface area (Å²) in [6.45, 7) is 4.19. The lowest BCUT2D eigenvalue weighted by Gasteiger charge is -2.34. The molecule has 0 radical (unpaired) electrons. The highest BCUT2D eigenvalue weighted by Crippen LogP contribution is 2.31. The maximum atomic E-state index is 9.91. The molecule has 1 aliphatic carbocycles. The van der Waals surface area contributed by atoms with E-state index in [0.29, 0.717) is 12.1 Å². The largest absolute Gasteiger partial charge is 0.297 e. The van der Waals surface area contributed by atoms with Crippen molar-refractivity contribution in [3.05, 3.63) is 35.9 Å². The Labute approximate surface area is 121 Å². The highest BCUT2D eigenvalue weighted by molar-refractivity contribution is 5.33. The third kappa shape index (κ3) is 2.72. The van der Waals surface area contributed by atoms with Crippen molar-refractivity contribution in [1.29, 1.82) is 5.26 Å².